The summed E-state index contributed by atoms with van der Waals surface area (Å²) in [6.45, 7) is 4.35. The van der Waals surface area contributed by atoms with Crippen LogP contribution in [0, 0.1) is 0 Å². The van der Waals surface area contributed by atoms with Gasteiger partial charge in [0.15, 0.2) is 0 Å². The lowest BCUT2D eigenvalue weighted by atomic mass is 10.1. The van der Waals surface area contributed by atoms with Crippen LogP contribution in [0.15, 0.2) is 42.5 Å². The van der Waals surface area contributed by atoms with E-state index in [2.05, 4.69) is 61.3 Å². The Morgan fingerprint density at radius 3 is 2.63 bits per heavy atom. The monoisotopic (exact) mass is 250 g/mol. The van der Waals surface area contributed by atoms with Gasteiger partial charge in [0.1, 0.15) is 5.82 Å². The van der Waals surface area contributed by atoms with Gasteiger partial charge in [-0.05, 0) is 36.1 Å². The van der Waals surface area contributed by atoms with E-state index < -0.39 is 0 Å². The van der Waals surface area contributed by atoms with E-state index in [1.807, 2.05) is 0 Å². The molecule has 1 N–H and O–H groups in total. The number of aryl methyl sites for hydroxylation is 2. The van der Waals surface area contributed by atoms with Crippen molar-refractivity contribution in [1.82, 2.24) is 9.97 Å². The second kappa shape index (κ2) is 4.88. The van der Waals surface area contributed by atoms with Crippen molar-refractivity contribution < 1.29 is 0 Å². The third-order valence-electron chi connectivity index (χ3n) is 3.61. The second-order valence-electron chi connectivity index (χ2n) is 4.80. The van der Waals surface area contributed by atoms with Gasteiger partial charge in [-0.3, -0.25) is 0 Å². The van der Waals surface area contributed by atoms with E-state index in [9.17, 15) is 0 Å². The molecule has 0 unspecified atom stereocenters. The van der Waals surface area contributed by atoms with Crippen LogP contribution < -0.4 is 0 Å². The van der Waals surface area contributed by atoms with E-state index >= 15 is 0 Å². The van der Waals surface area contributed by atoms with E-state index in [1.165, 1.54) is 16.7 Å². The molecule has 96 valence electrons. The van der Waals surface area contributed by atoms with Crippen LogP contribution in [0.25, 0.3) is 22.4 Å². The molecule has 0 aliphatic carbocycles. The van der Waals surface area contributed by atoms with Crippen molar-refractivity contribution in [3.05, 3.63) is 53.6 Å². The average Bonchev–Trinajstić information content (AvgIpc) is 2.89. The number of aromatic nitrogens is 2. The first kappa shape index (κ1) is 12.0. The first-order valence-electron chi connectivity index (χ1n) is 6.88. The summed E-state index contributed by atoms with van der Waals surface area (Å²) in [5, 5.41) is 0. The highest BCUT2D eigenvalue weighted by molar-refractivity contribution is 5.80. The molecule has 3 aromatic rings. The number of hydrogen-bond acceptors (Lipinski definition) is 1. The Morgan fingerprint density at radius 1 is 1.00 bits per heavy atom. The topological polar surface area (TPSA) is 28.7 Å². The fourth-order valence-corrected chi connectivity index (χ4v) is 2.46. The molecule has 0 bridgehead atoms. The van der Waals surface area contributed by atoms with Crippen molar-refractivity contribution in [2.45, 2.75) is 26.7 Å². The first-order chi connectivity index (χ1) is 9.31. The second-order valence-corrected chi connectivity index (χ2v) is 4.80. The van der Waals surface area contributed by atoms with Crippen LogP contribution >= 0.6 is 0 Å². The summed E-state index contributed by atoms with van der Waals surface area (Å²) < 4.78 is 0. The lowest BCUT2D eigenvalue weighted by Crippen LogP contribution is -1.88. The van der Waals surface area contributed by atoms with Crippen LogP contribution in [-0.2, 0) is 12.8 Å². The molecule has 2 nitrogen and oxygen atoms in total. The van der Waals surface area contributed by atoms with Crippen LogP contribution in [0.5, 0.6) is 0 Å². The van der Waals surface area contributed by atoms with E-state index in [1.54, 1.807) is 0 Å². The molecule has 0 saturated carbocycles. The molecule has 2 heteroatoms. The molecule has 1 aromatic heterocycles. The maximum atomic E-state index is 4.71. The molecule has 0 aliphatic rings. The molecule has 0 atom stereocenters. The van der Waals surface area contributed by atoms with Gasteiger partial charge >= 0.3 is 0 Å². The maximum absolute atomic E-state index is 4.71. The standard InChI is InChI=1S/C17H18N2/c1-3-12-9-10-15-16(11-12)19-17(18-15)14-8-6-5-7-13(14)4-2/h5-11H,3-4H2,1-2H3,(H,18,19). The van der Waals surface area contributed by atoms with E-state index in [0.717, 1.165) is 29.7 Å². The van der Waals surface area contributed by atoms with Crippen LogP contribution in [0.1, 0.15) is 25.0 Å². The highest BCUT2D eigenvalue weighted by atomic mass is 14.9. The number of rotatable bonds is 3. The molecule has 0 aliphatic heterocycles. The lowest BCUT2D eigenvalue weighted by Gasteiger charge is -2.03. The fourth-order valence-electron chi connectivity index (χ4n) is 2.46. The summed E-state index contributed by atoms with van der Waals surface area (Å²) in [7, 11) is 0. The van der Waals surface area contributed by atoms with Crippen molar-refractivity contribution >= 4 is 11.0 Å². The molecule has 2 aromatic carbocycles. The zero-order valence-electron chi connectivity index (χ0n) is 11.4. The van der Waals surface area contributed by atoms with Crippen LogP contribution in [0.2, 0.25) is 0 Å². The van der Waals surface area contributed by atoms with E-state index in [0.29, 0.717) is 0 Å². The predicted octanol–water partition coefficient (Wildman–Crippen LogP) is 4.35. The number of H-pyrrole nitrogens is 1. The van der Waals surface area contributed by atoms with Crippen molar-refractivity contribution in [1.29, 1.82) is 0 Å². The predicted molar refractivity (Wildman–Crippen MR) is 80.3 cm³/mol. The first-order valence-corrected chi connectivity index (χ1v) is 6.88. The summed E-state index contributed by atoms with van der Waals surface area (Å²) >= 11 is 0. The minimum Gasteiger partial charge on any atom is -0.338 e. The Hall–Kier alpha value is -2.09. The Labute approximate surface area is 113 Å². The number of hydrogen-bond donors (Lipinski definition) is 1. The van der Waals surface area contributed by atoms with Gasteiger partial charge in [-0.1, -0.05) is 44.2 Å². The molecular weight excluding hydrogens is 232 g/mol. The van der Waals surface area contributed by atoms with Gasteiger partial charge in [-0.25, -0.2) is 4.98 Å². The molecular formula is C17H18N2. The maximum Gasteiger partial charge on any atom is 0.138 e. The van der Waals surface area contributed by atoms with E-state index in [-0.39, 0.29) is 0 Å². The molecule has 0 saturated heterocycles. The van der Waals surface area contributed by atoms with Gasteiger partial charge in [0, 0.05) is 5.56 Å². The average molecular weight is 250 g/mol. The highest BCUT2D eigenvalue weighted by Crippen LogP contribution is 2.24. The number of nitrogens with one attached hydrogen (secondary N) is 1. The summed E-state index contributed by atoms with van der Waals surface area (Å²) in [6.07, 6.45) is 2.07. The van der Waals surface area contributed by atoms with Crippen molar-refractivity contribution in [2.75, 3.05) is 0 Å². The van der Waals surface area contributed by atoms with Gasteiger partial charge in [0.2, 0.25) is 0 Å². The highest BCUT2D eigenvalue weighted by Gasteiger charge is 2.08. The number of imidazole rings is 1. The van der Waals surface area contributed by atoms with Gasteiger partial charge in [-0.15, -0.1) is 0 Å². The molecule has 0 fully saturated rings. The molecule has 0 spiro atoms. The zero-order valence-corrected chi connectivity index (χ0v) is 11.4. The van der Waals surface area contributed by atoms with Gasteiger partial charge in [0.05, 0.1) is 11.0 Å². The Bertz CT molecular complexity index is 710. The minimum absolute atomic E-state index is 0.973. The fraction of sp³-hybridized carbons (Fsp3) is 0.235. The van der Waals surface area contributed by atoms with Crippen molar-refractivity contribution in [3.8, 4) is 11.4 Å². The Morgan fingerprint density at radius 2 is 1.84 bits per heavy atom. The van der Waals surface area contributed by atoms with Crippen LogP contribution in [-0.4, -0.2) is 9.97 Å². The third-order valence-corrected chi connectivity index (χ3v) is 3.61. The molecule has 19 heavy (non-hydrogen) atoms. The minimum atomic E-state index is 0.973. The number of aromatic amines is 1. The SMILES string of the molecule is CCc1ccc2nc(-c3ccccc3CC)[nH]c2c1. The number of benzene rings is 2. The Balaban J connectivity index is 2.15. The summed E-state index contributed by atoms with van der Waals surface area (Å²) in [6, 6.07) is 14.9. The smallest absolute Gasteiger partial charge is 0.138 e. The molecule has 1 heterocycles. The van der Waals surface area contributed by atoms with E-state index in [4.69, 9.17) is 4.98 Å². The van der Waals surface area contributed by atoms with Crippen LogP contribution in [0.4, 0.5) is 0 Å². The largest absolute Gasteiger partial charge is 0.338 e. The quantitative estimate of drug-likeness (QED) is 0.735. The summed E-state index contributed by atoms with van der Waals surface area (Å²) in [5.41, 5.74) is 6.04. The lowest BCUT2D eigenvalue weighted by molar-refractivity contribution is 1.13. The van der Waals surface area contributed by atoms with Gasteiger partial charge in [-0.2, -0.15) is 0 Å². The van der Waals surface area contributed by atoms with Crippen molar-refractivity contribution in [3.63, 3.8) is 0 Å². The molecule has 0 radical (unpaired) electrons. The molecule has 3 rings (SSSR count). The summed E-state index contributed by atoms with van der Waals surface area (Å²) in [5.74, 6) is 0.973. The van der Waals surface area contributed by atoms with Gasteiger partial charge < -0.3 is 4.98 Å². The summed E-state index contributed by atoms with van der Waals surface area (Å²) in [4.78, 5) is 8.16. The number of nitrogens with zero attached hydrogens (tertiary/aromatic N) is 1. The van der Waals surface area contributed by atoms with Crippen molar-refractivity contribution in [2.24, 2.45) is 0 Å². The van der Waals surface area contributed by atoms with Gasteiger partial charge in [0.25, 0.3) is 0 Å². The third kappa shape index (κ3) is 2.14. The van der Waals surface area contributed by atoms with Crippen LogP contribution in [0.3, 0.4) is 0 Å². The normalized spacial score (nSPS) is 11.1. The Kier molecular flexibility index (Phi) is 3.08. The zero-order chi connectivity index (χ0) is 13.2. The number of fused-ring (bicyclic) bond motifs is 1. The molecule has 0 amide bonds.